The largest absolute Gasteiger partial charge is 0.367 e. The molecule has 0 aromatic heterocycles. The van der Waals surface area contributed by atoms with E-state index in [2.05, 4.69) is 13.8 Å². The SMILES string of the molecule is CCS1=NC(c2ccccc2)=NC(N)=N1. The molecule has 4 nitrogen and oxygen atoms in total. The van der Waals surface area contributed by atoms with Crippen molar-refractivity contribution in [1.29, 1.82) is 0 Å². The highest BCUT2D eigenvalue weighted by molar-refractivity contribution is 7.86. The van der Waals surface area contributed by atoms with Gasteiger partial charge in [0.05, 0.1) is 0 Å². The van der Waals surface area contributed by atoms with E-state index < -0.39 is 0 Å². The van der Waals surface area contributed by atoms with Crippen LogP contribution < -0.4 is 5.73 Å². The molecule has 1 aromatic rings. The minimum Gasteiger partial charge on any atom is -0.367 e. The van der Waals surface area contributed by atoms with Crippen molar-refractivity contribution in [2.45, 2.75) is 6.92 Å². The van der Waals surface area contributed by atoms with Crippen molar-refractivity contribution in [3.8, 4) is 0 Å². The van der Waals surface area contributed by atoms with E-state index in [1.807, 2.05) is 37.3 Å². The topological polar surface area (TPSA) is 63.1 Å². The number of guanidine groups is 1. The summed E-state index contributed by atoms with van der Waals surface area (Å²) in [4.78, 5) is 4.14. The second-order valence-electron chi connectivity index (χ2n) is 2.97. The van der Waals surface area contributed by atoms with E-state index in [1.54, 1.807) is 0 Å². The molecule has 0 bridgehead atoms. The first kappa shape index (κ1) is 10.0. The molecule has 1 aliphatic heterocycles. The molecule has 78 valence electrons. The van der Waals surface area contributed by atoms with Crippen LogP contribution in [0.3, 0.4) is 0 Å². The van der Waals surface area contributed by atoms with E-state index in [1.165, 1.54) is 0 Å². The average Bonchev–Trinajstić information content (AvgIpc) is 2.29. The van der Waals surface area contributed by atoms with E-state index in [0.717, 1.165) is 11.3 Å². The maximum atomic E-state index is 5.64. The van der Waals surface area contributed by atoms with Gasteiger partial charge in [-0.1, -0.05) is 37.3 Å². The Morgan fingerprint density at radius 3 is 2.67 bits per heavy atom. The van der Waals surface area contributed by atoms with E-state index in [9.17, 15) is 0 Å². The Hall–Kier alpha value is -1.49. The van der Waals surface area contributed by atoms with Crippen LogP contribution in [0.4, 0.5) is 0 Å². The Labute approximate surface area is 91.2 Å². The van der Waals surface area contributed by atoms with Crippen LogP contribution in [0.25, 0.3) is 0 Å². The van der Waals surface area contributed by atoms with Crippen molar-refractivity contribution in [3.05, 3.63) is 35.9 Å². The van der Waals surface area contributed by atoms with Gasteiger partial charge in [-0.3, -0.25) is 0 Å². The molecular formula is C10H12N4S. The minimum atomic E-state index is -0.355. The maximum Gasteiger partial charge on any atom is 0.229 e. The summed E-state index contributed by atoms with van der Waals surface area (Å²) in [7, 11) is -0.355. The van der Waals surface area contributed by atoms with Gasteiger partial charge in [-0.2, -0.15) is 13.8 Å². The normalized spacial score (nSPS) is 20.2. The molecule has 1 unspecified atom stereocenters. The summed E-state index contributed by atoms with van der Waals surface area (Å²) in [6.07, 6.45) is 0. The molecule has 1 atom stereocenters. The Kier molecular flexibility index (Phi) is 2.91. The molecule has 0 fully saturated rings. The zero-order valence-corrected chi connectivity index (χ0v) is 9.24. The van der Waals surface area contributed by atoms with Gasteiger partial charge in [0.15, 0.2) is 5.84 Å². The van der Waals surface area contributed by atoms with Crippen LogP contribution in [0.5, 0.6) is 0 Å². The van der Waals surface area contributed by atoms with Gasteiger partial charge in [0.2, 0.25) is 5.96 Å². The third-order valence-corrected chi connectivity index (χ3v) is 3.20. The molecule has 0 saturated heterocycles. The van der Waals surface area contributed by atoms with Gasteiger partial charge in [0, 0.05) is 22.2 Å². The van der Waals surface area contributed by atoms with Gasteiger partial charge >= 0.3 is 0 Å². The standard InChI is InChI=1S/C10H12N4S/c1-2-15-13-9(12-10(11)14-15)8-6-4-3-5-7-8/h3-7H,2H2,1H3,(H2,11,12,13,14). The van der Waals surface area contributed by atoms with E-state index >= 15 is 0 Å². The van der Waals surface area contributed by atoms with Crippen LogP contribution in [0, 0.1) is 0 Å². The number of hydrogen-bond acceptors (Lipinski definition) is 4. The monoisotopic (exact) mass is 220 g/mol. The zero-order chi connectivity index (χ0) is 10.7. The molecule has 0 spiro atoms. The number of nitrogens with two attached hydrogens (primary N) is 1. The first-order valence-corrected chi connectivity index (χ1v) is 6.01. The third kappa shape index (κ3) is 2.30. The molecule has 2 N–H and O–H groups in total. The second-order valence-corrected chi connectivity index (χ2v) is 4.59. The molecule has 0 radical (unpaired) electrons. The number of hydrogen-bond donors (Lipinski definition) is 1. The lowest BCUT2D eigenvalue weighted by Crippen LogP contribution is -2.17. The van der Waals surface area contributed by atoms with Crippen molar-refractivity contribution in [2.75, 3.05) is 5.75 Å². The van der Waals surface area contributed by atoms with Crippen molar-refractivity contribution >= 4 is 22.7 Å². The van der Waals surface area contributed by atoms with Crippen molar-refractivity contribution in [3.63, 3.8) is 0 Å². The fraction of sp³-hybridized carbons (Fsp3) is 0.200. The van der Waals surface area contributed by atoms with E-state index in [4.69, 9.17) is 5.73 Å². The van der Waals surface area contributed by atoms with Gasteiger partial charge in [-0.25, -0.2) is 0 Å². The van der Waals surface area contributed by atoms with Crippen LogP contribution in [0.15, 0.2) is 44.1 Å². The summed E-state index contributed by atoms with van der Waals surface area (Å²) in [6, 6.07) is 9.82. The Morgan fingerprint density at radius 1 is 1.27 bits per heavy atom. The summed E-state index contributed by atoms with van der Waals surface area (Å²) in [5, 5.41) is 0. The van der Waals surface area contributed by atoms with Gasteiger partial charge in [0.25, 0.3) is 0 Å². The number of aliphatic imine (C=N–C) groups is 1. The highest BCUT2D eigenvalue weighted by Crippen LogP contribution is 2.08. The van der Waals surface area contributed by atoms with Gasteiger partial charge in [-0.15, -0.1) is 0 Å². The quantitative estimate of drug-likeness (QED) is 0.806. The van der Waals surface area contributed by atoms with Gasteiger partial charge in [0.1, 0.15) is 0 Å². The second kappa shape index (κ2) is 4.35. The lowest BCUT2D eigenvalue weighted by atomic mass is 10.2. The van der Waals surface area contributed by atoms with Crippen LogP contribution in [0.1, 0.15) is 12.5 Å². The zero-order valence-electron chi connectivity index (χ0n) is 8.42. The molecule has 0 aliphatic carbocycles. The molecule has 1 aromatic carbocycles. The summed E-state index contributed by atoms with van der Waals surface area (Å²) in [6.45, 7) is 2.04. The van der Waals surface area contributed by atoms with Crippen molar-refractivity contribution in [2.24, 2.45) is 19.5 Å². The Bertz CT molecular complexity index is 448. The summed E-state index contributed by atoms with van der Waals surface area (Å²) >= 11 is 0. The van der Waals surface area contributed by atoms with Crippen LogP contribution in [0.2, 0.25) is 0 Å². The molecule has 1 aliphatic rings. The number of rotatable bonds is 2. The number of benzene rings is 1. The summed E-state index contributed by atoms with van der Waals surface area (Å²) < 4.78 is 8.58. The lowest BCUT2D eigenvalue weighted by molar-refractivity contribution is 1.40. The van der Waals surface area contributed by atoms with Crippen molar-refractivity contribution < 1.29 is 0 Å². The Morgan fingerprint density at radius 2 is 2.00 bits per heavy atom. The summed E-state index contributed by atoms with van der Waals surface area (Å²) in [5.41, 5.74) is 6.63. The molecule has 0 amide bonds. The highest BCUT2D eigenvalue weighted by Gasteiger charge is 2.08. The maximum absolute atomic E-state index is 5.64. The molecule has 0 saturated carbocycles. The lowest BCUT2D eigenvalue weighted by Gasteiger charge is -2.08. The van der Waals surface area contributed by atoms with Gasteiger partial charge < -0.3 is 5.73 Å². The fourth-order valence-electron chi connectivity index (χ4n) is 1.21. The molecule has 1 heterocycles. The fourth-order valence-corrected chi connectivity index (χ4v) is 2.11. The average molecular weight is 220 g/mol. The number of nitrogens with zero attached hydrogens (tertiary/aromatic N) is 3. The third-order valence-electron chi connectivity index (χ3n) is 1.90. The first-order chi connectivity index (χ1) is 7.29. The predicted molar refractivity (Wildman–Crippen MR) is 64.9 cm³/mol. The minimum absolute atomic E-state index is 0.328. The highest BCUT2D eigenvalue weighted by atomic mass is 32.2. The predicted octanol–water partition coefficient (Wildman–Crippen LogP) is 1.50. The molecular weight excluding hydrogens is 208 g/mol. The van der Waals surface area contributed by atoms with Crippen LogP contribution >= 0.6 is 0 Å². The van der Waals surface area contributed by atoms with Crippen LogP contribution in [-0.4, -0.2) is 17.5 Å². The van der Waals surface area contributed by atoms with Crippen LogP contribution in [-0.2, 0) is 10.9 Å². The van der Waals surface area contributed by atoms with Gasteiger partial charge in [-0.05, 0) is 0 Å². The van der Waals surface area contributed by atoms with E-state index in [-0.39, 0.29) is 10.9 Å². The van der Waals surface area contributed by atoms with E-state index in [0.29, 0.717) is 11.8 Å². The molecule has 2 rings (SSSR count). The smallest absolute Gasteiger partial charge is 0.229 e. The number of amidine groups is 1. The first-order valence-electron chi connectivity index (χ1n) is 4.70. The summed E-state index contributed by atoms with van der Waals surface area (Å²) in [5.74, 6) is 1.88. The van der Waals surface area contributed by atoms with Crippen molar-refractivity contribution in [1.82, 2.24) is 0 Å². The molecule has 5 heteroatoms. The molecule has 15 heavy (non-hydrogen) atoms. The Balaban J connectivity index is 2.40.